The molecule has 0 aliphatic carbocycles. The second kappa shape index (κ2) is 8.22. The molecular formula is C14H16N2O2S. The van der Waals surface area contributed by atoms with Gasteiger partial charge in [0.05, 0.1) is 18.1 Å². The molecule has 0 radical (unpaired) electrons. The number of benzene rings is 1. The first-order chi connectivity index (χ1) is 9.11. The van der Waals surface area contributed by atoms with Gasteiger partial charge in [0, 0.05) is 5.69 Å². The number of hydrogen-bond acceptors (Lipinski definition) is 3. The minimum atomic E-state index is -0.161. The molecule has 19 heavy (non-hydrogen) atoms. The summed E-state index contributed by atoms with van der Waals surface area (Å²) in [5, 5.41) is 5.30. The van der Waals surface area contributed by atoms with Gasteiger partial charge in [0.15, 0.2) is 0 Å². The largest absolute Gasteiger partial charge is 0.344 e. The standard InChI is InChI=1S/C14H16N2O2S/c1-3-8-15-13(17)9-19-10-14(18)16-12-6-4-11(2)5-7-12/h1,4-7H,8-10H2,2H3,(H,15,17)(H,16,18). The van der Waals surface area contributed by atoms with Gasteiger partial charge in [-0.1, -0.05) is 23.6 Å². The van der Waals surface area contributed by atoms with Crippen molar-refractivity contribution in [1.82, 2.24) is 5.32 Å². The van der Waals surface area contributed by atoms with E-state index in [1.165, 1.54) is 11.8 Å². The number of hydrogen-bond donors (Lipinski definition) is 2. The van der Waals surface area contributed by atoms with Gasteiger partial charge in [-0.15, -0.1) is 18.2 Å². The van der Waals surface area contributed by atoms with Gasteiger partial charge in [-0.25, -0.2) is 0 Å². The topological polar surface area (TPSA) is 58.2 Å². The summed E-state index contributed by atoms with van der Waals surface area (Å²) in [5.41, 5.74) is 1.89. The lowest BCUT2D eigenvalue weighted by Crippen LogP contribution is -2.26. The summed E-state index contributed by atoms with van der Waals surface area (Å²) in [4.78, 5) is 22.8. The molecule has 100 valence electrons. The molecule has 1 rings (SSSR count). The zero-order chi connectivity index (χ0) is 14.1. The maximum Gasteiger partial charge on any atom is 0.234 e. The fraction of sp³-hybridized carbons (Fsp3) is 0.286. The third-order valence-corrected chi connectivity index (χ3v) is 3.12. The lowest BCUT2D eigenvalue weighted by Gasteiger charge is -2.05. The summed E-state index contributed by atoms with van der Waals surface area (Å²) in [5.74, 6) is 2.49. The van der Waals surface area contributed by atoms with Gasteiger partial charge in [-0.05, 0) is 19.1 Å². The van der Waals surface area contributed by atoms with Crippen LogP contribution in [0.3, 0.4) is 0 Å². The van der Waals surface area contributed by atoms with Gasteiger partial charge in [0.1, 0.15) is 0 Å². The Kier molecular flexibility index (Phi) is 6.55. The van der Waals surface area contributed by atoms with Crippen LogP contribution in [-0.2, 0) is 9.59 Å². The van der Waals surface area contributed by atoms with Crippen LogP contribution in [0.5, 0.6) is 0 Å². The van der Waals surface area contributed by atoms with E-state index in [9.17, 15) is 9.59 Å². The molecule has 1 aromatic rings. The Morgan fingerprint density at radius 1 is 1.21 bits per heavy atom. The molecule has 0 saturated carbocycles. The van der Waals surface area contributed by atoms with Crippen molar-refractivity contribution in [3.05, 3.63) is 29.8 Å². The van der Waals surface area contributed by atoms with Crippen LogP contribution in [0.4, 0.5) is 5.69 Å². The summed E-state index contributed by atoms with van der Waals surface area (Å²) in [6.45, 7) is 2.20. The summed E-state index contributed by atoms with van der Waals surface area (Å²) in [7, 11) is 0. The molecule has 0 bridgehead atoms. The van der Waals surface area contributed by atoms with E-state index in [-0.39, 0.29) is 29.9 Å². The molecule has 5 heteroatoms. The molecule has 4 nitrogen and oxygen atoms in total. The molecule has 0 heterocycles. The van der Waals surface area contributed by atoms with E-state index in [0.717, 1.165) is 11.3 Å². The molecule has 2 N–H and O–H groups in total. The average Bonchev–Trinajstić information content (AvgIpc) is 2.39. The van der Waals surface area contributed by atoms with E-state index in [2.05, 4.69) is 16.6 Å². The van der Waals surface area contributed by atoms with Gasteiger partial charge in [0.25, 0.3) is 0 Å². The highest BCUT2D eigenvalue weighted by Crippen LogP contribution is 2.09. The van der Waals surface area contributed by atoms with Crippen LogP contribution in [0.15, 0.2) is 24.3 Å². The molecular weight excluding hydrogens is 260 g/mol. The van der Waals surface area contributed by atoms with Gasteiger partial charge in [-0.2, -0.15) is 0 Å². The number of nitrogens with one attached hydrogen (secondary N) is 2. The second-order valence-electron chi connectivity index (χ2n) is 3.89. The van der Waals surface area contributed by atoms with Crippen molar-refractivity contribution in [2.24, 2.45) is 0 Å². The predicted octanol–water partition coefficient (Wildman–Crippen LogP) is 1.42. The molecule has 0 atom stereocenters. The van der Waals surface area contributed by atoms with E-state index in [1.807, 2.05) is 31.2 Å². The molecule has 1 aromatic carbocycles. The van der Waals surface area contributed by atoms with E-state index >= 15 is 0 Å². The van der Waals surface area contributed by atoms with Crippen LogP contribution in [0.25, 0.3) is 0 Å². The minimum Gasteiger partial charge on any atom is -0.344 e. The lowest BCUT2D eigenvalue weighted by molar-refractivity contribution is -0.118. The SMILES string of the molecule is C#CCNC(=O)CSCC(=O)Nc1ccc(C)cc1. The molecule has 0 aliphatic rings. The van der Waals surface area contributed by atoms with E-state index < -0.39 is 0 Å². The van der Waals surface area contributed by atoms with Gasteiger partial charge >= 0.3 is 0 Å². The number of carbonyl (C=O) groups excluding carboxylic acids is 2. The first-order valence-corrected chi connectivity index (χ1v) is 6.91. The van der Waals surface area contributed by atoms with Gasteiger partial charge in [0.2, 0.25) is 11.8 Å². The van der Waals surface area contributed by atoms with Crippen molar-refractivity contribution in [1.29, 1.82) is 0 Å². The summed E-state index contributed by atoms with van der Waals surface area (Å²) >= 11 is 1.25. The average molecular weight is 276 g/mol. The normalized spacial score (nSPS) is 9.47. The highest BCUT2D eigenvalue weighted by Gasteiger charge is 2.05. The van der Waals surface area contributed by atoms with Crippen molar-refractivity contribution in [3.63, 3.8) is 0 Å². The molecule has 0 aliphatic heterocycles. The number of terminal acetylenes is 1. The maximum absolute atomic E-state index is 11.6. The Morgan fingerprint density at radius 3 is 2.47 bits per heavy atom. The third kappa shape index (κ3) is 6.53. The molecule has 2 amide bonds. The van der Waals surface area contributed by atoms with Crippen LogP contribution in [-0.4, -0.2) is 29.9 Å². The Labute approximate surface area is 117 Å². The van der Waals surface area contributed by atoms with Crippen LogP contribution < -0.4 is 10.6 Å². The Hall–Kier alpha value is -1.93. The number of amides is 2. The Morgan fingerprint density at radius 2 is 1.84 bits per heavy atom. The van der Waals surface area contributed by atoms with Crippen molar-refractivity contribution in [2.45, 2.75) is 6.92 Å². The van der Waals surface area contributed by atoms with E-state index in [4.69, 9.17) is 6.42 Å². The second-order valence-corrected chi connectivity index (χ2v) is 4.87. The fourth-order valence-electron chi connectivity index (χ4n) is 1.27. The monoisotopic (exact) mass is 276 g/mol. The summed E-state index contributed by atoms with van der Waals surface area (Å²) < 4.78 is 0. The van der Waals surface area contributed by atoms with Crippen molar-refractivity contribution in [2.75, 3.05) is 23.4 Å². The first-order valence-electron chi connectivity index (χ1n) is 5.76. The Bertz CT molecular complexity index is 477. The molecule has 0 unspecified atom stereocenters. The Balaban J connectivity index is 2.23. The minimum absolute atomic E-state index is 0.126. The number of rotatable bonds is 6. The number of carbonyl (C=O) groups is 2. The zero-order valence-electron chi connectivity index (χ0n) is 10.7. The van der Waals surface area contributed by atoms with E-state index in [0.29, 0.717) is 0 Å². The molecule has 0 saturated heterocycles. The molecule has 0 spiro atoms. The van der Waals surface area contributed by atoms with Gasteiger partial charge in [-0.3, -0.25) is 9.59 Å². The lowest BCUT2D eigenvalue weighted by atomic mass is 10.2. The highest BCUT2D eigenvalue weighted by atomic mass is 32.2. The number of aryl methyl sites for hydroxylation is 1. The van der Waals surface area contributed by atoms with Crippen molar-refractivity contribution >= 4 is 29.3 Å². The van der Waals surface area contributed by atoms with Crippen LogP contribution >= 0.6 is 11.8 Å². The summed E-state index contributed by atoms with van der Waals surface area (Å²) in [6.07, 6.45) is 5.01. The van der Waals surface area contributed by atoms with Crippen molar-refractivity contribution in [3.8, 4) is 12.3 Å². The highest BCUT2D eigenvalue weighted by molar-refractivity contribution is 8.00. The predicted molar refractivity (Wildman–Crippen MR) is 79.0 cm³/mol. The van der Waals surface area contributed by atoms with Crippen LogP contribution in [0.1, 0.15) is 5.56 Å². The van der Waals surface area contributed by atoms with Crippen molar-refractivity contribution < 1.29 is 9.59 Å². The fourth-order valence-corrected chi connectivity index (χ4v) is 1.92. The molecule has 0 aromatic heterocycles. The van der Waals surface area contributed by atoms with E-state index in [1.54, 1.807) is 0 Å². The maximum atomic E-state index is 11.6. The summed E-state index contributed by atoms with van der Waals surface area (Å²) in [6, 6.07) is 7.54. The quantitative estimate of drug-likeness (QED) is 0.773. The third-order valence-electron chi connectivity index (χ3n) is 2.19. The van der Waals surface area contributed by atoms with Crippen LogP contribution in [0.2, 0.25) is 0 Å². The van der Waals surface area contributed by atoms with Gasteiger partial charge < -0.3 is 10.6 Å². The zero-order valence-corrected chi connectivity index (χ0v) is 11.5. The first kappa shape index (κ1) is 15.1. The smallest absolute Gasteiger partial charge is 0.234 e. The van der Waals surface area contributed by atoms with Crippen LogP contribution in [0, 0.1) is 19.3 Å². The molecule has 0 fully saturated rings. The number of anilines is 1. The number of thioether (sulfide) groups is 1.